The molecule has 0 aliphatic heterocycles. The van der Waals surface area contributed by atoms with Crippen LogP contribution in [0, 0.1) is 0 Å². The van der Waals surface area contributed by atoms with Gasteiger partial charge in [0.2, 0.25) is 0 Å². The fourth-order valence-electron chi connectivity index (χ4n) is 12.0. The first-order valence-electron chi connectivity index (χ1n) is 24.6. The van der Waals surface area contributed by atoms with Gasteiger partial charge in [0.05, 0.1) is 28.4 Å². The molecule has 13 aromatic rings. The van der Waals surface area contributed by atoms with Crippen LogP contribution in [0.1, 0.15) is 24.0 Å². The van der Waals surface area contributed by atoms with E-state index < -0.39 is 0 Å². The summed E-state index contributed by atoms with van der Waals surface area (Å²) >= 11 is 0. The molecule has 0 amide bonds. The first kappa shape index (κ1) is 39.8. The highest BCUT2D eigenvalue weighted by atomic mass is 16.3. The molecule has 1 fully saturated rings. The Hall–Kier alpha value is -9.12. The Morgan fingerprint density at radius 2 is 0.789 bits per heavy atom. The Morgan fingerprint density at radius 3 is 1.41 bits per heavy atom. The van der Waals surface area contributed by atoms with Crippen LogP contribution in [0.3, 0.4) is 0 Å². The number of fused-ring (bicyclic) bond motifs is 10. The fraction of sp³-hybridized carbons (Fsp3) is 0.0448. The molecule has 0 radical (unpaired) electrons. The summed E-state index contributed by atoms with van der Waals surface area (Å²) in [6, 6.07) is 87.9. The molecule has 71 heavy (non-hydrogen) atoms. The maximum Gasteiger partial charge on any atom is 0.159 e. The predicted octanol–water partition coefficient (Wildman–Crippen LogP) is 19.0. The quantitative estimate of drug-likeness (QED) is 0.152. The molecule has 0 saturated heterocycles. The molecule has 4 nitrogen and oxygen atoms in total. The zero-order valence-corrected chi connectivity index (χ0v) is 38.7. The van der Waals surface area contributed by atoms with E-state index in [4.69, 9.17) is 8.83 Å². The van der Waals surface area contributed by atoms with Crippen molar-refractivity contribution < 1.29 is 8.83 Å². The summed E-state index contributed by atoms with van der Waals surface area (Å²) in [5.74, 6) is 0. The zero-order chi connectivity index (χ0) is 46.6. The molecular weight excluding hydrogens is 865 g/mol. The van der Waals surface area contributed by atoms with Crippen LogP contribution in [0.25, 0.3) is 88.0 Å². The molecule has 0 atom stereocenters. The number of nitrogens with zero attached hydrogens (tertiary/aromatic N) is 2. The van der Waals surface area contributed by atoms with Gasteiger partial charge in [0.1, 0.15) is 11.2 Å². The second-order valence-electron chi connectivity index (χ2n) is 19.1. The molecule has 2 aliphatic rings. The summed E-state index contributed by atoms with van der Waals surface area (Å²) in [6.45, 7) is 0. The van der Waals surface area contributed by atoms with Gasteiger partial charge in [0.15, 0.2) is 11.2 Å². The van der Waals surface area contributed by atoms with Crippen LogP contribution in [0.4, 0.5) is 34.1 Å². The molecule has 2 aliphatic carbocycles. The van der Waals surface area contributed by atoms with Crippen molar-refractivity contribution in [2.75, 3.05) is 9.80 Å². The Kier molecular flexibility index (Phi) is 8.67. The van der Waals surface area contributed by atoms with Crippen molar-refractivity contribution in [1.29, 1.82) is 0 Å². The normalized spacial score (nSPS) is 13.4. The highest BCUT2D eigenvalue weighted by molar-refractivity contribution is 6.16. The van der Waals surface area contributed by atoms with E-state index in [-0.39, 0.29) is 5.41 Å². The van der Waals surface area contributed by atoms with Crippen LogP contribution in [0.2, 0.25) is 0 Å². The summed E-state index contributed by atoms with van der Waals surface area (Å²) in [4.78, 5) is 4.89. The van der Waals surface area contributed by atoms with Crippen LogP contribution >= 0.6 is 0 Å². The molecule has 1 spiro atoms. The smallest absolute Gasteiger partial charge is 0.159 e. The summed E-state index contributed by atoms with van der Waals surface area (Å²) in [7, 11) is 0. The van der Waals surface area contributed by atoms with Gasteiger partial charge in [0.25, 0.3) is 0 Å². The Bertz CT molecular complexity index is 4260. The molecular formula is C67H44N2O2. The van der Waals surface area contributed by atoms with E-state index in [1.54, 1.807) is 0 Å². The SMILES string of the molecule is c1ccc(-c2ccccc2N(c2ccc3c(c2)C2(CC2)c2ccc(N(c4ccccc4-c4ccccc4)c4cccc5c4oc4ccccc45)c4cccc-3c24)c2cccc3c2oc2ccccc23)cc1. The number of rotatable bonds is 8. The lowest BCUT2D eigenvalue weighted by atomic mass is 9.74. The minimum absolute atomic E-state index is 0.141. The molecule has 334 valence electrons. The Labute approximate surface area is 410 Å². The van der Waals surface area contributed by atoms with E-state index in [1.165, 1.54) is 33.0 Å². The lowest BCUT2D eigenvalue weighted by molar-refractivity contribution is 0.668. The number of hydrogen-bond donors (Lipinski definition) is 0. The minimum atomic E-state index is -0.141. The monoisotopic (exact) mass is 908 g/mol. The van der Waals surface area contributed by atoms with Crippen LogP contribution in [-0.4, -0.2) is 0 Å². The van der Waals surface area contributed by atoms with E-state index in [1.807, 2.05) is 0 Å². The van der Waals surface area contributed by atoms with Crippen molar-refractivity contribution in [1.82, 2.24) is 0 Å². The van der Waals surface area contributed by atoms with Crippen molar-refractivity contribution in [3.63, 3.8) is 0 Å². The van der Waals surface area contributed by atoms with Gasteiger partial charge in [0, 0.05) is 49.2 Å². The average Bonchev–Trinajstić information content (AvgIpc) is 4.00. The van der Waals surface area contributed by atoms with Crippen LogP contribution < -0.4 is 9.80 Å². The third-order valence-electron chi connectivity index (χ3n) is 15.3. The van der Waals surface area contributed by atoms with Gasteiger partial charge >= 0.3 is 0 Å². The first-order valence-corrected chi connectivity index (χ1v) is 24.6. The van der Waals surface area contributed by atoms with Gasteiger partial charge in [-0.25, -0.2) is 0 Å². The van der Waals surface area contributed by atoms with Crippen LogP contribution in [0.15, 0.2) is 251 Å². The average molecular weight is 909 g/mol. The van der Waals surface area contributed by atoms with E-state index in [2.05, 4.69) is 252 Å². The van der Waals surface area contributed by atoms with Gasteiger partial charge in [-0.3, -0.25) is 0 Å². The maximum atomic E-state index is 6.85. The summed E-state index contributed by atoms with van der Waals surface area (Å²) in [5.41, 5.74) is 19.7. The van der Waals surface area contributed by atoms with Crippen molar-refractivity contribution in [3.05, 3.63) is 254 Å². The third kappa shape index (κ3) is 5.98. The van der Waals surface area contributed by atoms with Gasteiger partial charge in [-0.15, -0.1) is 0 Å². The van der Waals surface area contributed by atoms with Crippen molar-refractivity contribution in [2.45, 2.75) is 18.3 Å². The largest absolute Gasteiger partial charge is 0.454 e. The fourth-order valence-corrected chi connectivity index (χ4v) is 12.0. The van der Waals surface area contributed by atoms with Crippen LogP contribution in [-0.2, 0) is 5.41 Å². The lowest BCUT2D eigenvalue weighted by Crippen LogP contribution is -2.19. The maximum absolute atomic E-state index is 6.85. The lowest BCUT2D eigenvalue weighted by Gasteiger charge is -2.34. The second-order valence-corrected chi connectivity index (χ2v) is 19.1. The molecule has 15 rings (SSSR count). The first-order chi connectivity index (χ1) is 35.2. The number of hydrogen-bond acceptors (Lipinski definition) is 4. The molecule has 4 heteroatoms. The Morgan fingerprint density at radius 1 is 0.310 bits per heavy atom. The van der Waals surface area contributed by atoms with E-state index in [0.29, 0.717) is 0 Å². The molecule has 0 unspecified atom stereocenters. The number of furan rings is 2. The van der Waals surface area contributed by atoms with Crippen molar-refractivity contribution >= 4 is 88.8 Å². The van der Waals surface area contributed by atoms with Gasteiger partial charge in [-0.05, 0) is 106 Å². The molecule has 2 aromatic heterocycles. The van der Waals surface area contributed by atoms with E-state index in [0.717, 1.165) is 113 Å². The predicted molar refractivity (Wildman–Crippen MR) is 294 cm³/mol. The minimum Gasteiger partial charge on any atom is -0.454 e. The number of para-hydroxylation sites is 6. The number of anilines is 6. The van der Waals surface area contributed by atoms with Crippen molar-refractivity contribution in [2.24, 2.45) is 0 Å². The highest BCUT2D eigenvalue weighted by Gasteiger charge is 2.51. The summed E-state index contributed by atoms with van der Waals surface area (Å²) < 4.78 is 13.7. The zero-order valence-electron chi connectivity index (χ0n) is 38.7. The molecule has 1 saturated carbocycles. The molecule has 11 aromatic carbocycles. The highest BCUT2D eigenvalue weighted by Crippen LogP contribution is 2.63. The van der Waals surface area contributed by atoms with E-state index >= 15 is 0 Å². The summed E-state index contributed by atoms with van der Waals surface area (Å²) in [6.07, 6.45) is 2.15. The third-order valence-corrected chi connectivity index (χ3v) is 15.3. The molecule has 0 bridgehead atoms. The van der Waals surface area contributed by atoms with Gasteiger partial charge in [-0.2, -0.15) is 0 Å². The molecule has 2 heterocycles. The van der Waals surface area contributed by atoms with Gasteiger partial charge < -0.3 is 18.6 Å². The Balaban J connectivity index is 0.956. The molecule has 0 N–H and O–H groups in total. The standard InChI is InChI=1S/C67H44N2O2/c1-3-18-43(19-4-1)46-22-7-11-30-57(46)68(60-32-16-27-52-49-24-9-13-34-62(49)70-65(52)60)45-36-37-48-51-26-15-29-54-59(39-38-55(64(51)54)67(40-41-67)56(48)42-45)69(58-31-12-8-23-47(58)44-20-5-2-6-21-44)61-33-17-28-53-50-25-10-14-35-63(50)71-66(53)61/h1-39,42H,40-41H2. The number of benzene rings is 11. The van der Waals surface area contributed by atoms with Gasteiger partial charge in [-0.1, -0.05) is 188 Å². The van der Waals surface area contributed by atoms with E-state index in [9.17, 15) is 0 Å². The van der Waals surface area contributed by atoms with Crippen LogP contribution in [0.5, 0.6) is 0 Å². The summed E-state index contributed by atoms with van der Waals surface area (Å²) in [5, 5.41) is 6.96. The van der Waals surface area contributed by atoms with Crippen molar-refractivity contribution in [3.8, 4) is 33.4 Å². The second kappa shape index (κ2) is 15.4. The topological polar surface area (TPSA) is 32.8 Å².